The van der Waals surface area contributed by atoms with Crippen molar-refractivity contribution in [3.63, 3.8) is 0 Å². The van der Waals surface area contributed by atoms with Crippen LogP contribution < -0.4 is 4.90 Å². The molecule has 0 amide bonds. The summed E-state index contributed by atoms with van der Waals surface area (Å²) in [5, 5.41) is 15.6. The van der Waals surface area contributed by atoms with Gasteiger partial charge in [-0.2, -0.15) is 0 Å². The van der Waals surface area contributed by atoms with Crippen molar-refractivity contribution in [2.75, 3.05) is 4.90 Å². The van der Waals surface area contributed by atoms with E-state index >= 15 is 0 Å². The fourth-order valence-corrected chi connectivity index (χ4v) is 10.8. The van der Waals surface area contributed by atoms with Gasteiger partial charge in [0, 0.05) is 59.9 Å². The molecule has 9 aromatic carbocycles. The summed E-state index contributed by atoms with van der Waals surface area (Å²) in [5.74, 6) is 0. The van der Waals surface area contributed by atoms with Gasteiger partial charge in [0.05, 0.1) is 38.8 Å². The normalized spacial score (nSPS) is 13.1. The van der Waals surface area contributed by atoms with Crippen molar-refractivity contribution in [3.8, 4) is 0 Å². The number of benzene rings is 9. The first-order valence-electron chi connectivity index (χ1n) is 21.7. The molecule has 0 N–H and O–H groups in total. The molecule has 0 bridgehead atoms. The van der Waals surface area contributed by atoms with Crippen LogP contribution in [0, 0.1) is 0 Å². The van der Waals surface area contributed by atoms with E-state index in [2.05, 4.69) is 219 Å². The smallest absolute Gasteiger partial charge is 0.0783 e. The zero-order chi connectivity index (χ0) is 41.1. The second-order valence-electron chi connectivity index (χ2n) is 19.4. The molecule has 13 aromatic rings. The number of fused-ring (bicyclic) bond motifs is 16. The van der Waals surface area contributed by atoms with Gasteiger partial charge in [-0.25, -0.2) is 0 Å². The third-order valence-electron chi connectivity index (χ3n) is 13.8. The van der Waals surface area contributed by atoms with Crippen molar-refractivity contribution >= 4 is 115 Å². The van der Waals surface area contributed by atoms with Crippen molar-refractivity contribution < 1.29 is 0 Å². The van der Waals surface area contributed by atoms with Crippen LogP contribution in [-0.4, -0.2) is 8.80 Å². The molecule has 0 saturated carbocycles. The van der Waals surface area contributed by atoms with E-state index in [-0.39, 0.29) is 10.8 Å². The van der Waals surface area contributed by atoms with Crippen LogP contribution >= 0.6 is 0 Å². The van der Waals surface area contributed by atoms with Gasteiger partial charge in [0.15, 0.2) is 0 Å². The van der Waals surface area contributed by atoms with Gasteiger partial charge in [-0.05, 0) is 105 Å². The summed E-state index contributed by atoms with van der Waals surface area (Å²) in [6, 6.07) is 61.9. The number of aromatic nitrogens is 2. The molecule has 4 aromatic heterocycles. The molecule has 61 heavy (non-hydrogen) atoms. The van der Waals surface area contributed by atoms with E-state index in [1.165, 1.54) is 115 Å². The maximum Gasteiger partial charge on any atom is 0.0783 e. The van der Waals surface area contributed by atoms with E-state index in [9.17, 15) is 0 Å². The van der Waals surface area contributed by atoms with Gasteiger partial charge in [0.25, 0.3) is 0 Å². The topological polar surface area (TPSA) is 12.1 Å². The zero-order valence-corrected chi connectivity index (χ0v) is 35.4. The minimum Gasteiger partial charge on any atom is -0.308 e. The van der Waals surface area contributed by atoms with E-state index in [1.54, 1.807) is 0 Å². The summed E-state index contributed by atoms with van der Waals surface area (Å²) in [5.41, 5.74) is 13.7. The zero-order valence-electron chi connectivity index (χ0n) is 35.4. The monoisotopic (exact) mass is 783 g/mol. The highest BCUT2D eigenvalue weighted by Crippen LogP contribution is 2.51. The quantitative estimate of drug-likeness (QED) is 0.174. The first-order valence-corrected chi connectivity index (χ1v) is 21.7. The van der Waals surface area contributed by atoms with Gasteiger partial charge in [0.2, 0.25) is 0 Å². The molecular weight excluding hydrogens is 739 g/mol. The lowest BCUT2D eigenvalue weighted by atomic mass is 9.85. The molecule has 0 aliphatic carbocycles. The maximum absolute atomic E-state index is 2.63. The number of rotatable bonds is 3. The van der Waals surface area contributed by atoms with Crippen LogP contribution in [0.3, 0.4) is 0 Å². The summed E-state index contributed by atoms with van der Waals surface area (Å²) >= 11 is 0. The highest BCUT2D eigenvalue weighted by Gasteiger charge is 2.30. The van der Waals surface area contributed by atoms with Gasteiger partial charge < -0.3 is 13.7 Å². The molecule has 0 aliphatic rings. The van der Waals surface area contributed by atoms with Gasteiger partial charge in [0.1, 0.15) is 0 Å². The van der Waals surface area contributed by atoms with Gasteiger partial charge in [-0.3, -0.25) is 0 Å². The van der Waals surface area contributed by atoms with Gasteiger partial charge >= 0.3 is 0 Å². The molecule has 3 heteroatoms. The Morgan fingerprint density at radius 3 is 1.51 bits per heavy atom. The van der Waals surface area contributed by atoms with Crippen molar-refractivity contribution in [2.45, 2.75) is 52.4 Å². The van der Waals surface area contributed by atoms with Crippen LogP contribution in [0.1, 0.15) is 52.7 Å². The van der Waals surface area contributed by atoms with Crippen molar-refractivity contribution in [2.24, 2.45) is 0 Å². The number of hydrogen-bond acceptors (Lipinski definition) is 1. The van der Waals surface area contributed by atoms with E-state index < -0.39 is 0 Å². The SMILES string of the molecule is CC(C)(C)c1cc(N(c2ccccc2)c2ccccc2)c2c(c1)c1cc3ccccc3c3c4cc5c(cc4n2c13)c1cc(C(C)(C)C)cc2c3ccc4ccccc4c3n5c12. The van der Waals surface area contributed by atoms with E-state index in [0.717, 1.165) is 11.4 Å². The molecule has 292 valence electrons. The second-order valence-corrected chi connectivity index (χ2v) is 19.4. The van der Waals surface area contributed by atoms with Crippen LogP contribution in [0.25, 0.3) is 97.7 Å². The van der Waals surface area contributed by atoms with Gasteiger partial charge in [-0.15, -0.1) is 0 Å². The van der Waals surface area contributed by atoms with Crippen LogP contribution in [0.5, 0.6) is 0 Å². The maximum atomic E-state index is 2.63. The summed E-state index contributed by atoms with van der Waals surface area (Å²) in [7, 11) is 0. The predicted molar refractivity (Wildman–Crippen MR) is 263 cm³/mol. The van der Waals surface area contributed by atoms with Crippen LogP contribution in [0.15, 0.2) is 164 Å². The molecule has 0 unspecified atom stereocenters. The minimum absolute atomic E-state index is 0.0224. The Hall–Kier alpha value is -7.10. The molecule has 3 nitrogen and oxygen atoms in total. The van der Waals surface area contributed by atoms with Crippen molar-refractivity contribution in [1.29, 1.82) is 0 Å². The Morgan fingerprint density at radius 1 is 0.344 bits per heavy atom. The van der Waals surface area contributed by atoms with Crippen LogP contribution in [0.4, 0.5) is 17.1 Å². The standard InChI is InChI=1S/C58H45N3/c1-57(2,3)36-28-45-42-26-25-34-17-13-16-24-41(34)53(42)60-49-33-48-50(32-43(49)46(29-36)54(45)60)61-55-47(44-27-35-18-14-15-23-40(35)52(48)56(44)61)30-37(58(4,5)6)31-51(55)59(38-19-9-7-10-20-38)39-21-11-8-12-22-39/h7-33H,1-6H3. The average Bonchev–Trinajstić information content (AvgIpc) is 3.98. The highest BCUT2D eigenvalue weighted by atomic mass is 15.2. The number of para-hydroxylation sites is 2. The Balaban J connectivity index is 1.29. The minimum atomic E-state index is -0.0806. The molecular formula is C58H45N3. The summed E-state index contributed by atoms with van der Waals surface area (Å²) in [6.07, 6.45) is 0. The predicted octanol–water partition coefficient (Wildman–Crippen LogP) is 16.4. The first kappa shape index (κ1) is 34.7. The van der Waals surface area contributed by atoms with E-state index in [0.29, 0.717) is 0 Å². The molecule has 0 saturated heterocycles. The molecule has 0 fully saturated rings. The number of nitrogens with zero attached hydrogens (tertiary/aromatic N) is 3. The number of hydrogen-bond donors (Lipinski definition) is 0. The Morgan fingerprint density at radius 2 is 0.836 bits per heavy atom. The Bertz CT molecular complexity index is 3890. The lowest BCUT2D eigenvalue weighted by molar-refractivity contribution is 0.591. The van der Waals surface area contributed by atoms with Crippen LogP contribution in [0.2, 0.25) is 0 Å². The largest absolute Gasteiger partial charge is 0.308 e. The average molecular weight is 784 g/mol. The van der Waals surface area contributed by atoms with Crippen molar-refractivity contribution in [1.82, 2.24) is 8.80 Å². The van der Waals surface area contributed by atoms with Crippen LogP contribution in [-0.2, 0) is 10.8 Å². The summed E-state index contributed by atoms with van der Waals surface area (Å²) in [4.78, 5) is 2.48. The summed E-state index contributed by atoms with van der Waals surface area (Å²) < 4.78 is 5.24. The van der Waals surface area contributed by atoms with Crippen molar-refractivity contribution in [3.05, 3.63) is 175 Å². The fraction of sp³-hybridized carbons (Fsp3) is 0.138. The lowest BCUT2D eigenvalue weighted by Gasteiger charge is -2.29. The van der Waals surface area contributed by atoms with E-state index in [1.807, 2.05) is 0 Å². The lowest BCUT2D eigenvalue weighted by Crippen LogP contribution is -2.15. The van der Waals surface area contributed by atoms with E-state index in [4.69, 9.17) is 0 Å². The molecule has 0 aliphatic heterocycles. The Labute approximate surface area is 354 Å². The second kappa shape index (κ2) is 11.8. The third kappa shape index (κ3) is 4.64. The molecule has 13 rings (SSSR count). The fourth-order valence-electron chi connectivity index (χ4n) is 10.8. The molecule has 0 atom stereocenters. The molecule has 0 radical (unpaired) electrons. The first-order chi connectivity index (χ1) is 29.5. The van der Waals surface area contributed by atoms with Gasteiger partial charge in [-0.1, -0.05) is 139 Å². The highest BCUT2D eigenvalue weighted by molar-refractivity contribution is 6.35. The molecule has 0 spiro atoms. The molecule has 4 heterocycles. The Kier molecular flexibility index (Phi) is 6.72. The number of anilines is 3. The summed E-state index contributed by atoms with van der Waals surface area (Å²) in [6.45, 7) is 14.1. The third-order valence-corrected chi connectivity index (χ3v) is 13.8.